The number of ether oxygens (including phenoxy) is 1. The molecule has 0 saturated carbocycles. The highest BCUT2D eigenvalue weighted by Crippen LogP contribution is 2.33. The van der Waals surface area contributed by atoms with Crippen LogP contribution >= 0.6 is 11.6 Å². The van der Waals surface area contributed by atoms with E-state index < -0.39 is 10.8 Å². The Morgan fingerprint density at radius 3 is 2.47 bits per heavy atom. The minimum atomic E-state index is -0.872. The van der Waals surface area contributed by atoms with Crippen molar-refractivity contribution in [2.45, 2.75) is 44.8 Å². The maximum atomic E-state index is 12.3. The van der Waals surface area contributed by atoms with Gasteiger partial charge in [-0.15, -0.1) is 0 Å². The third-order valence-electron chi connectivity index (χ3n) is 3.16. The Balaban J connectivity index is 3.01. The lowest BCUT2D eigenvalue weighted by molar-refractivity contribution is 0.406. The number of methoxy groups -OCH3 is 1. The molecule has 0 aliphatic rings. The molecule has 0 aliphatic heterocycles. The molecule has 1 unspecified atom stereocenters. The van der Waals surface area contributed by atoms with Gasteiger partial charge in [0, 0.05) is 26.3 Å². The molecule has 2 nitrogen and oxygen atoms in total. The SMILES string of the molecule is CCC(C[S@@](=O)C(C)(C)C)c1ccc(Cl)cc1OC. The summed E-state index contributed by atoms with van der Waals surface area (Å²) in [6.07, 6.45) is 0.930. The average Bonchev–Trinajstić information content (AvgIpc) is 2.34. The topological polar surface area (TPSA) is 26.3 Å². The summed E-state index contributed by atoms with van der Waals surface area (Å²) in [6.45, 7) is 8.14. The fourth-order valence-electron chi connectivity index (χ4n) is 1.88. The van der Waals surface area contributed by atoms with Crippen molar-refractivity contribution in [2.24, 2.45) is 0 Å². The summed E-state index contributed by atoms with van der Waals surface area (Å²) in [5, 5.41) is 0.660. The normalized spacial score (nSPS) is 15.1. The largest absolute Gasteiger partial charge is 0.496 e. The first kappa shape index (κ1) is 16.5. The van der Waals surface area contributed by atoms with Crippen molar-refractivity contribution in [1.82, 2.24) is 0 Å². The second-order valence-corrected chi connectivity index (χ2v) is 8.30. The first-order chi connectivity index (χ1) is 8.79. The van der Waals surface area contributed by atoms with Crippen LogP contribution in [0.5, 0.6) is 5.75 Å². The smallest absolute Gasteiger partial charge is 0.123 e. The van der Waals surface area contributed by atoms with Crippen LogP contribution in [0.25, 0.3) is 0 Å². The number of halogens is 1. The van der Waals surface area contributed by atoms with Gasteiger partial charge in [-0.25, -0.2) is 0 Å². The third kappa shape index (κ3) is 4.50. The molecule has 0 radical (unpaired) electrons. The van der Waals surface area contributed by atoms with E-state index in [1.165, 1.54) is 0 Å². The van der Waals surface area contributed by atoms with E-state index >= 15 is 0 Å². The summed E-state index contributed by atoms with van der Waals surface area (Å²) in [7, 11) is 0.770. The van der Waals surface area contributed by atoms with Crippen molar-refractivity contribution in [3.8, 4) is 5.75 Å². The van der Waals surface area contributed by atoms with Gasteiger partial charge in [-0.05, 0) is 50.8 Å². The fourth-order valence-corrected chi connectivity index (χ4v) is 3.33. The van der Waals surface area contributed by atoms with Gasteiger partial charge in [-0.1, -0.05) is 24.6 Å². The first-order valence-corrected chi connectivity index (χ1v) is 8.21. The number of rotatable bonds is 5. The van der Waals surface area contributed by atoms with Gasteiger partial charge in [0.15, 0.2) is 0 Å². The second-order valence-electron chi connectivity index (χ2n) is 5.62. The van der Waals surface area contributed by atoms with Crippen LogP contribution in [0.4, 0.5) is 0 Å². The van der Waals surface area contributed by atoms with Gasteiger partial charge in [0.1, 0.15) is 5.75 Å². The molecule has 4 heteroatoms. The average molecular weight is 303 g/mol. The highest BCUT2D eigenvalue weighted by atomic mass is 35.5. The summed E-state index contributed by atoms with van der Waals surface area (Å²) in [5.74, 6) is 1.66. The summed E-state index contributed by atoms with van der Waals surface area (Å²) >= 11 is 5.98. The monoisotopic (exact) mass is 302 g/mol. The third-order valence-corrected chi connectivity index (χ3v) is 5.47. The van der Waals surface area contributed by atoms with Crippen molar-refractivity contribution in [1.29, 1.82) is 0 Å². The Morgan fingerprint density at radius 2 is 2.00 bits per heavy atom. The Hall–Kier alpha value is -0.540. The molecular weight excluding hydrogens is 280 g/mol. The number of hydrogen-bond acceptors (Lipinski definition) is 2. The summed E-state index contributed by atoms with van der Waals surface area (Å²) < 4.78 is 17.5. The lowest BCUT2D eigenvalue weighted by Gasteiger charge is -2.23. The van der Waals surface area contributed by atoms with Crippen LogP contribution < -0.4 is 4.74 Å². The molecule has 0 amide bonds. The molecule has 1 rings (SSSR count). The highest BCUT2D eigenvalue weighted by Gasteiger charge is 2.24. The lowest BCUT2D eigenvalue weighted by atomic mass is 9.97. The molecule has 0 aromatic heterocycles. The molecule has 1 aromatic carbocycles. The van der Waals surface area contributed by atoms with Gasteiger partial charge in [0.25, 0.3) is 0 Å². The van der Waals surface area contributed by atoms with Crippen LogP contribution in [0.1, 0.15) is 45.6 Å². The van der Waals surface area contributed by atoms with Gasteiger partial charge >= 0.3 is 0 Å². The quantitative estimate of drug-likeness (QED) is 0.806. The van der Waals surface area contributed by atoms with Crippen molar-refractivity contribution >= 4 is 22.4 Å². The zero-order valence-corrected chi connectivity index (χ0v) is 13.9. The summed E-state index contributed by atoms with van der Waals surface area (Å²) in [5.41, 5.74) is 1.09. The van der Waals surface area contributed by atoms with Crippen LogP contribution in [0.3, 0.4) is 0 Å². The zero-order valence-electron chi connectivity index (χ0n) is 12.3. The second kappa shape index (κ2) is 6.76. The Labute approximate surface area is 124 Å². The predicted molar refractivity (Wildman–Crippen MR) is 83.8 cm³/mol. The summed E-state index contributed by atoms with van der Waals surface area (Å²) in [6, 6.07) is 5.66. The molecule has 2 atom stereocenters. The predicted octanol–water partition coefficient (Wildman–Crippen LogP) is 4.39. The van der Waals surface area contributed by atoms with Gasteiger partial charge < -0.3 is 4.74 Å². The van der Waals surface area contributed by atoms with Gasteiger partial charge in [-0.2, -0.15) is 0 Å². The van der Waals surface area contributed by atoms with E-state index in [2.05, 4.69) is 6.92 Å². The Kier molecular flexibility index (Phi) is 5.87. The Morgan fingerprint density at radius 1 is 1.37 bits per heavy atom. The van der Waals surface area contributed by atoms with Crippen molar-refractivity contribution in [3.05, 3.63) is 28.8 Å². The molecule has 19 heavy (non-hydrogen) atoms. The van der Waals surface area contributed by atoms with Crippen LogP contribution in [0.15, 0.2) is 18.2 Å². The molecule has 0 saturated heterocycles. The van der Waals surface area contributed by atoms with Gasteiger partial charge in [-0.3, -0.25) is 4.21 Å². The molecule has 0 bridgehead atoms. The Bertz CT molecular complexity index is 452. The van der Waals surface area contributed by atoms with E-state index in [0.717, 1.165) is 17.7 Å². The van der Waals surface area contributed by atoms with Crippen molar-refractivity contribution in [2.75, 3.05) is 12.9 Å². The molecular formula is C15H23ClO2S. The number of benzene rings is 1. The lowest BCUT2D eigenvalue weighted by Crippen LogP contribution is -2.26. The van der Waals surface area contributed by atoms with Crippen molar-refractivity contribution < 1.29 is 8.95 Å². The van der Waals surface area contributed by atoms with E-state index in [1.807, 2.05) is 39.0 Å². The highest BCUT2D eigenvalue weighted by molar-refractivity contribution is 7.86. The maximum Gasteiger partial charge on any atom is 0.123 e. The van der Waals surface area contributed by atoms with Crippen LogP contribution in [0, 0.1) is 0 Å². The first-order valence-electron chi connectivity index (χ1n) is 6.51. The van der Waals surface area contributed by atoms with E-state index in [9.17, 15) is 4.21 Å². The standard InChI is InChI=1S/C15H23ClO2S/c1-6-11(10-19(17)15(2,3)4)13-8-7-12(16)9-14(13)18-5/h7-9,11H,6,10H2,1-5H3/t11?,19-/m1/s1. The van der Waals surface area contributed by atoms with Crippen molar-refractivity contribution in [3.63, 3.8) is 0 Å². The van der Waals surface area contributed by atoms with Crippen LogP contribution in [-0.2, 0) is 10.8 Å². The molecule has 0 heterocycles. The van der Waals surface area contributed by atoms with E-state index in [-0.39, 0.29) is 10.7 Å². The maximum absolute atomic E-state index is 12.3. The minimum Gasteiger partial charge on any atom is -0.496 e. The van der Waals surface area contributed by atoms with E-state index in [4.69, 9.17) is 16.3 Å². The van der Waals surface area contributed by atoms with Crippen LogP contribution in [0.2, 0.25) is 5.02 Å². The molecule has 0 spiro atoms. The molecule has 0 aliphatic carbocycles. The number of hydrogen-bond donors (Lipinski definition) is 0. The molecule has 0 N–H and O–H groups in total. The molecule has 0 fully saturated rings. The van der Waals surface area contributed by atoms with E-state index in [0.29, 0.717) is 10.8 Å². The zero-order chi connectivity index (χ0) is 14.6. The van der Waals surface area contributed by atoms with Gasteiger partial charge in [0.2, 0.25) is 0 Å². The summed E-state index contributed by atoms with van der Waals surface area (Å²) in [4.78, 5) is 0. The molecule has 1 aromatic rings. The minimum absolute atomic E-state index is 0.187. The molecule has 108 valence electrons. The van der Waals surface area contributed by atoms with E-state index in [1.54, 1.807) is 7.11 Å². The van der Waals surface area contributed by atoms with Crippen LogP contribution in [-0.4, -0.2) is 21.8 Å². The van der Waals surface area contributed by atoms with Gasteiger partial charge in [0.05, 0.1) is 7.11 Å². The fraction of sp³-hybridized carbons (Fsp3) is 0.600.